The summed E-state index contributed by atoms with van der Waals surface area (Å²) in [7, 11) is 0. The molecule has 0 saturated heterocycles. The highest BCUT2D eigenvalue weighted by atomic mass is 35.5. The lowest BCUT2D eigenvalue weighted by Crippen LogP contribution is -2.05. The zero-order valence-electron chi connectivity index (χ0n) is 7.21. The maximum atomic E-state index is 6.01. The van der Waals surface area contributed by atoms with Crippen LogP contribution < -0.4 is 4.42 Å². The zero-order chi connectivity index (χ0) is 9.80. The molecule has 0 amide bonds. The van der Waals surface area contributed by atoms with Crippen molar-refractivity contribution >= 4 is 23.4 Å². The Morgan fingerprint density at radius 1 is 1.00 bits per heavy atom. The quantitative estimate of drug-likeness (QED) is 0.707. The Hall–Kier alpha value is -1.68. The molecule has 0 saturated carbocycles. The first-order chi connectivity index (χ1) is 6.88. The van der Waals surface area contributed by atoms with Crippen LogP contribution in [0.15, 0.2) is 43.0 Å². The highest BCUT2D eigenvalue weighted by molar-refractivity contribution is 6.28. The van der Waals surface area contributed by atoms with Crippen LogP contribution in [0, 0.1) is 0 Å². The van der Waals surface area contributed by atoms with Crippen molar-refractivity contribution in [1.82, 2.24) is 15.0 Å². The fraction of sp³-hybridized carbons (Fsp3) is 0. The molecule has 0 atom stereocenters. The molecule has 0 fully saturated rings. The van der Waals surface area contributed by atoms with Gasteiger partial charge in [0.25, 0.3) is 0 Å². The number of nitrogens with zero attached hydrogens (tertiary/aromatic N) is 4. The predicted octanol–water partition coefficient (Wildman–Crippen LogP) is 2.16. The molecule has 1 aromatic carbocycles. The van der Waals surface area contributed by atoms with Gasteiger partial charge < -0.3 is 0 Å². The number of anilines is 2. The molecule has 5 heteroatoms. The molecule has 14 heavy (non-hydrogen) atoms. The third-order valence-corrected chi connectivity index (χ3v) is 1.98. The van der Waals surface area contributed by atoms with Crippen LogP contribution in [0.25, 0.3) is 0 Å². The number of aromatic nitrogens is 3. The maximum Gasteiger partial charge on any atom is 0.248 e. The van der Waals surface area contributed by atoms with Crippen molar-refractivity contribution in [2.45, 2.75) is 0 Å². The van der Waals surface area contributed by atoms with E-state index in [0.717, 1.165) is 5.69 Å². The molecule has 1 aromatic heterocycles. The van der Waals surface area contributed by atoms with E-state index >= 15 is 0 Å². The van der Waals surface area contributed by atoms with E-state index in [0.29, 0.717) is 5.95 Å². The summed E-state index contributed by atoms with van der Waals surface area (Å²) >= 11 is 6.01. The van der Waals surface area contributed by atoms with Crippen LogP contribution in [0.2, 0.25) is 0 Å². The van der Waals surface area contributed by atoms with Crippen molar-refractivity contribution in [3.05, 3.63) is 43.0 Å². The second-order valence-electron chi connectivity index (χ2n) is 2.55. The monoisotopic (exact) mass is 206 g/mol. The lowest BCUT2D eigenvalue weighted by atomic mass is 10.3. The Bertz CT molecular complexity index is 353. The van der Waals surface area contributed by atoms with E-state index in [1.54, 1.807) is 0 Å². The third kappa shape index (κ3) is 1.80. The van der Waals surface area contributed by atoms with Crippen molar-refractivity contribution in [2.24, 2.45) is 0 Å². The van der Waals surface area contributed by atoms with Gasteiger partial charge in [-0.2, -0.15) is 9.97 Å². The van der Waals surface area contributed by atoms with E-state index < -0.39 is 0 Å². The number of hydrogen-bond donors (Lipinski definition) is 0. The Balaban J connectivity index is 2.30. The van der Waals surface area contributed by atoms with Crippen LogP contribution >= 0.6 is 11.8 Å². The minimum atomic E-state index is 0.410. The van der Waals surface area contributed by atoms with Gasteiger partial charge >= 0.3 is 0 Å². The lowest BCUT2D eigenvalue weighted by molar-refractivity contribution is 1.03. The Labute approximate surface area is 86.3 Å². The minimum Gasteiger partial charge on any atom is -0.225 e. The SMILES string of the molecule is ClN(c1ccccc1)c1ncncn1. The molecule has 0 aliphatic rings. The number of halogens is 1. The summed E-state index contributed by atoms with van der Waals surface area (Å²) in [4.78, 5) is 11.6. The van der Waals surface area contributed by atoms with Crippen LogP contribution in [0.5, 0.6) is 0 Å². The van der Waals surface area contributed by atoms with Crippen molar-refractivity contribution in [3.8, 4) is 0 Å². The van der Waals surface area contributed by atoms with E-state index in [-0.39, 0.29) is 0 Å². The molecule has 4 nitrogen and oxygen atoms in total. The Morgan fingerprint density at radius 2 is 1.64 bits per heavy atom. The first-order valence-electron chi connectivity index (χ1n) is 4.01. The van der Waals surface area contributed by atoms with Crippen molar-refractivity contribution in [3.63, 3.8) is 0 Å². The smallest absolute Gasteiger partial charge is 0.225 e. The number of hydrogen-bond acceptors (Lipinski definition) is 4. The van der Waals surface area contributed by atoms with Crippen molar-refractivity contribution in [2.75, 3.05) is 4.42 Å². The molecule has 2 rings (SSSR count). The van der Waals surface area contributed by atoms with E-state index in [1.165, 1.54) is 17.1 Å². The van der Waals surface area contributed by atoms with Gasteiger partial charge in [0.05, 0.1) is 5.69 Å². The van der Waals surface area contributed by atoms with Gasteiger partial charge in [0.1, 0.15) is 12.7 Å². The molecular weight excluding hydrogens is 200 g/mol. The average Bonchev–Trinajstić information content (AvgIpc) is 2.30. The molecule has 0 N–H and O–H groups in total. The van der Waals surface area contributed by atoms with Gasteiger partial charge in [-0.15, -0.1) is 0 Å². The first kappa shape index (κ1) is 8.90. The molecule has 0 bridgehead atoms. The highest BCUT2D eigenvalue weighted by Gasteiger charge is 2.07. The van der Waals surface area contributed by atoms with Gasteiger partial charge in [-0.05, 0) is 12.1 Å². The topological polar surface area (TPSA) is 41.9 Å². The van der Waals surface area contributed by atoms with Gasteiger partial charge in [-0.25, -0.2) is 9.40 Å². The van der Waals surface area contributed by atoms with E-state index in [2.05, 4.69) is 15.0 Å². The van der Waals surface area contributed by atoms with Gasteiger partial charge in [0.2, 0.25) is 5.95 Å². The minimum absolute atomic E-state index is 0.410. The van der Waals surface area contributed by atoms with E-state index in [1.807, 2.05) is 30.3 Å². The van der Waals surface area contributed by atoms with Crippen LogP contribution in [-0.2, 0) is 0 Å². The average molecular weight is 207 g/mol. The largest absolute Gasteiger partial charge is 0.248 e. The molecule has 0 spiro atoms. The van der Waals surface area contributed by atoms with Crippen molar-refractivity contribution in [1.29, 1.82) is 0 Å². The van der Waals surface area contributed by atoms with Crippen LogP contribution in [0.4, 0.5) is 11.6 Å². The Kier molecular flexibility index (Phi) is 2.55. The Morgan fingerprint density at radius 3 is 2.29 bits per heavy atom. The van der Waals surface area contributed by atoms with E-state index in [4.69, 9.17) is 11.8 Å². The predicted molar refractivity (Wildman–Crippen MR) is 54.3 cm³/mol. The van der Waals surface area contributed by atoms with Crippen LogP contribution in [0.1, 0.15) is 0 Å². The molecule has 2 aromatic rings. The van der Waals surface area contributed by atoms with E-state index in [9.17, 15) is 0 Å². The summed E-state index contributed by atoms with van der Waals surface area (Å²) in [6, 6.07) is 9.45. The van der Waals surface area contributed by atoms with Gasteiger partial charge in [-0.3, -0.25) is 0 Å². The molecule has 1 heterocycles. The van der Waals surface area contributed by atoms with Crippen molar-refractivity contribution < 1.29 is 0 Å². The normalized spacial score (nSPS) is 9.79. The molecule has 0 aliphatic heterocycles. The summed E-state index contributed by atoms with van der Waals surface area (Å²) in [6.07, 6.45) is 2.81. The number of para-hydroxylation sites is 1. The molecule has 0 radical (unpaired) electrons. The fourth-order valence-corrected chi connectivity index (χ4v) is 1.21. The summed E-state index contributed by atoms with van der Waals surface area (Å²) < 4.78 is 1.38. The third-order valence-electron chi connectivity index (χ3n) is 1.64. The highest BCUT2D eigenvalue weighted by Crippen LogP contribution is 2.22. The fourth-order valence-electron chi connectivity index (χ4n) is 1.01. The maximum absolute atomic E-state index is 6.01. The summed E-state index contributed by atoms with van der Waals surface area (Å²) in [5.41, 5.74) is 0.820. The van der Waals surface area contributed by atoms with Gasteiger partial charge in [0.15, 0.2) is 0 Å². The lowest BCUT2D eigenvalue weighted by Gasteiger charge is -2.11. The second kappa shape index (κ2) is 4.02. The zero-order valence-corrected chi connectivity index (χ0v) is 7.96. The second-order valence-corrected chi connectivity index (χ2v) is 2.89. The van der Waals surface area contributed by atoms with Crippen LogP contribution in [0.3, 0.4) is 0 Å². The summed E-state index contributed by atoms with van der Waals surface area (Å²) in [6.45, 7) is 0. The van der Waals surface area contributed by atoms with Gasteiger partial charge in [-0.1, -0.05) is 18.2 Å². The molecule has 70 valence electrons. The van der Waals surface area contributed by atoms with Crippen LogP contribution in [-0.4, -0.2) is 15.0 Å². The number of benzene rings is 1. The van der Waals surface area contributed by atoms with Gasteiger partial charge in [0, 0.05) is 11.8 Å². The molecule has 0 unspecified atom stereocenters. The summed E-state index contributed by atoms with van der Waals surface area (Å²) in [5, 5.41) is 0. The number of rotatable bonds is 2. The molecule has 0 aliphatic carbocycles. The standard InChI is InChI=1S/C9H7ClN4/c10-14(8-4-2-1-3-5-8)9-12-6-11-7-13-9/h1-7H. The molecular formula is C9H7ClN4. The first-order valence-corrected chi connectivity index (χ1v) is 4.34. The summed E-state index contributed by atoms with van der Waals surface area (Å²) in [5.74, 6) is 0.410.